The zero-order chi connectivity index (χ0) is 61.2. The first kappa shape index (κ1) is 80.7. The van der Waals surface area contributed by atoms with Gasteiger partial charge in [0.1, 0.15) is 19.8 Å². The van der Waals surface area contributed by atoms with E-state index >= 15 is 0 Å². The summed E-state index contributed by atoms with van der Waals surface area (Å²) in [5.41, 5.74) is 0. The average Bonchev–Trinajstić information content (AvgIpc) is 3.61. The number of hydrogen-bond donors (Lipinski definition) is 1. The van der Waals surface area contributed by atoms with Gasteiger partial charge in [0.05, 0.1) is 27.7 Å². The summed E-state index contributed by atoms with van der Waals surface area (Å²) in [6.07, 6.45) is 90.5. The molecule has 0 aliphatic heterocycles. The Kier molecular flexibility index (Phi) is 61.6. The van der Waals surface area contributed by atoms with E-state index in [1.807, 2.05) is 21.1 Å². The molecule has 10 heteroatoms. The molecule has 0 aromatic rings. The fraction of sp³-hybridized carbons (Fsp3) is 0.730. The molecule has 0 spiro atoms. The maximum absolute atomic E-state index is 12.9. The Hall–Kier alpha value is -3.33. The predicted octanol–water partition coefficient (Wildman–Crippen LogP) is 22.5. The smallest absolute Gasteiger partial charge is 0.462 e. The molecule has 0 radical (unpaired) electrons. The summed E-state index contributed by atoms with van der Waals surface area (Å²) in [6.45, 7) is 4.31. The highest BCUT2D eigenvalue weighted by atomic mass is 31.2. The van der Waals surface area contributed by atoms with E-state index in [1.165, 1.54) is 180 Å². The van der Waals surface area contributed by atoms with Crippen LogP contribution in [0.25, 0.3) is 0 Å². The van der Waals surface area contributed by atoms with Crippen molar-refractivity contribution < 1.29 is 42.1 Å². The van der Waals surface area contributed by atoms with E-state index < -0.39 is 26.5 Å². The molecule has 0 aliphatic rings. The number of likely N-dealkylation sites (N-methyl/N-ethyl adjacent to an activating group) is 1. The van der Waals surface area contributed by atoms with Gasteiger partial charge in [0.15, 0.2) is 6.10 Å². The van der Waals surface area contributed by atoms with E-state index in [0.29, 0.717) is 17.4 Å². The first-order chi connectivity index (χ1) is 41.0. The van der Waals surface area contributed by atoms with Crippen LogP contribution in [0.15, 0.2) is 109 Å². The molecule has 484 valence electrons. The Morgan fingerprint density at radius 1 is 0.381 bits per heavy atom. The summed E-state index contributed by atoms with van der Waals surface area (Å²) in [5.74, 6) is -0.795. The molecule has 0 heterocycles. The first-order valence-corrected chi connectivity index (χ1v) is 36.1. The molecule has 0 aromatic heterocycles. The molecule has 0 fully saturated rings. The van der Waals surface area contributed by atoms with Crippen molar-refractivity contribution in [2.45, 2.75) is 302 Å². The quantitative estimate of drug-likeness (QED) is 0.0211. The van der Waals surface area contributed by atoms with E-state index in [9.17, 15) is 19.0 Å². The number of ether oxygens (including phenoxy) is 2. The summed E-state index contributed by atoms with van der Waals surface area (Å²) in [4.78, 5) is 35.8. The van der Waals surface area contributed by atoms with Crippen LogP contribution in [0.5, 0.6) is 0 Å². The predicted molar refractivity (Wildman–Crippen MR) is 362 cm³/mol. The van der Waals surface area contributed by atoms with Crippen LogP contribution in [0.2, 0.25) is 0 Å². The lowest BCUT2D eigenvalue weighted by Crippen LogP contribution is -2.37. The Morgan fingerprint density at radius 3 is 1.01 bits per heavy atom. The second kappa shape index (κ2) is 64.2. The number of unbranched alkanes of at least 4 members (excludes halogenated alkanes) is 31. The van der Waals surface area contributed by atoms with Crippen molar-refractivity contribution in [3.63, 3.8) is 0 Å². The number of nitrogens with zero attached hydrogens (tertiary/aromatic N) is 1. The molecule has 0 aliphatic carbocycles. The van der Waals surface area contributed by atoms with E-state index in [1.54, 1.807) is 0 Å². The molecule has 0 bridgehead atoms. The molecule has 0 amide bonds. The zero-order valence-corrected chi connectivity index (χ0v) is 56.0. The Bertz CT molecular complexity index is 1790. The zero-order valence-electron chi connectivity index (χ0n) is 55.1. The van der Waals surface area contributed by atoms with Gasteiger partial charge in [0, 0.05) is 12.8 Å². The normalized spacial score (nSPS) is 13.8. The summed E-state index contributed by atoms with van der Waals surface area (Å²) >= 11 is 0. The fourth-order valence-electron chi connectivity index (χ4n) is 9.50. The first-order valence-electron chi connectivity index (χ1n) is 34.6. The molecule has 84 heavy (non-hydrogen) atoms. The average molecular weight is 1190 g/mol. The lowest BCUT2D eigenvalue weighted by atomic mass is 10.0. The molecule has 0 saturated carbocycles. The SMILES string of the molecule is CC/C=C\C/C=C\C/C=C\C/C=C\C/C=C\C/C=C\C/C=C\CCCCCCCCCCCCCCCCCCCCCC(=O)OC(COC(=O)CCCCCCCCCCC/C=C\C/C=C\CCCCC)COP(=O)(O)OCC[N+](C)(C)C. The molecule has 1 N–H and O–H groups in total. The van der Waals surface area contributed by atoms with Gasteiger partial charge in [0.2, 0.25) is 0 Å². The van der Waals surface area contributed by atoms with E-state index in [-0.39, 0.29) is 32.0 Å². The van der Waals surface area contributed by atoms with Crippen LogP contribution in [-0.2, 0) is 32.7 Å². The van der Waals surface area contributed by atoms with Crippen molar-refractivity contribution in [1.82, 2.24) is 0 Å². The van der Waals surface area contributed by atoms with Crippen LogP contribution in [0.1, 0.15) is 296 Å². The summed E-state index contributed by atoms with van der Waals surface area (Å²) in [7, 11) is 1.48. The highest BCUT2D eigenvalue weighted by Crippen LogP contribution is 2.43. The van der Waals surface area contributed by atoms with Crippen molar-refractivity contribution in [1.29, 1.82) is 0 Å². The third kappa shape index (κ3) is 67.8. The van der Waals surface area contributed by atoms with Gasteiger partial charge in [-0.3, -0.25) is 18.6 Å². The van der Waals surface area contributed by atoms with E-state index in [2.05, 4.69) is 123 Å². The Morgan fingerprint density at radius 2 is 0.679 bits per heavy atom. The minimum Gasteiger partial charge on any atom is -0.462 e. The van der Waals surface area contributed by atoms with Gasteiger partial charge < -0.3 is 18.9 Å². The molecule has 0 saturated heterocycles. The van der Waals surface area contributed by atoms with Crippen LogP contribution in [0.3, 0.4) is 0 Å². The minimum absolute atomic E-state index is 0.0290. The lowest BCUT2D eigenvalue weighted by Gasteiger charge is -2.24. The maximum atomic E-state index is 12.9. The van der Waals surface area contributed by atoms with Crippen molar-refractivity contribution in [2.24, 2.45) is 0 Å². The maximum Gasteiger partial charge on any atom is 0.472 e. The lowest BCUT2D eigenvalue weighted by molar-refractivity contribution is -0.870. The van der Waals surface area contributed by atoms with Gasteiger partial charge in [-0.25, -0.2) is 4.57 Å². The van der Waals surface area contributed by atoms with E-state index in [0.717, 1.165) is 83.5 Å². The number of phosphoric acid groups is 1. The highest BCUT2D eigenvalue weighted by Gasteiger charge is 2.27. The third-order valence-electron chi connectivity index (χ3n) is 14.8. The summed E-state index contributed by atoms with van der Waals surface area (Å²) in [5, 5.41) is 0. The van der Waals surface area contributed by atoms with Gasteiger partial charge in [-0.05, 0) is 103 Å². The second-order valence-electron chi connectivity index (χ2n) is 24.2. The molecular formula is C74H131NO8P+. The number of allylic oxidation sites excluding steroid dienone is 18. The third-order valence-corrected chi connectivity index (χ3v) is 15.8. The van der Waals surface area contributed by atoms with Crippen molar-refractivity contribution in [3.05, 3.63) is 109 Å². The number of carbonyl (C=O) groups is 2. The van der Waals surface area contributed by atoms with Gasteiger partial charge in [-0.15, -0.1) is 0 Å². The second-order valence-corrected chi connectivity index (χ2v) is 25.6. The number of phosphoric ester groups is 1. The molecule has 2 atom stereocenters. The number of carbonyl (C=O) groups excluding carboxylic acids is 2. The topological polar surface area (TPSA) is 108 Å². The number of rotatable bonds is 63. The molecule has 0 rings (SSSR count). The Labute approximate surface area is 518 Å². The highest BCUT2D eigenvalue weighted by molar-refractivity contribution is 7.47. The van der Waals surface area contributed by atoms with Gasteiger partial charge in [-0.2, -0.15) is 0 Å². The number of esters is 2. The van der Waals surface area contributed by atoms with Crippen LogP contribution in [0, 0.1) is 0 Å². The van der Waals surface area contributed by atoms with Crippen LogP contribution < -0.4 is 0 Å². The molecular weight excluding hydrogens is 1060 g/mol. The van der Waals surface area contributed by atoms with Crippen LogP contribution in [-0.4, -0.2) is 74.9 Å². The van der Waals surface area contributed by atoms with Crippen LogP contribution in [0.4, 0.5) is 0 Å². The van der Waals surface area contributed by atoms with Gasteiger partial charge in [-0.1, -0.05) is 290 Å². The van der Waals surface area contributed by atoms with Crippen LogP contribution >= 0.6 is 7.82 Å². The van der Waals surface area contributed by atoms with Gasteiger partial charge in [0.25, 0.3) is 0 Å². The summed E-state index contributed by atoms with van der Waals surface area (Å²) in [6, 6.07) is 0. The standard InChI is InChI=1S/C74H130NO8P/c1-6-8-10-12-14-16-18-20-22-24-26-27-28-29-30-31-32-33-34-35-36-37-38-39-40-41-42-43-44-45-46-47-49-51-53-55-57-59-61-63-65-67-74(77)83-72(71-82-84(78,79)81-69-68-75(3,4)5)70-80-73(76)66-64-62-60-58-56-54-52-50-48-25-23-21-19-17-15-13-11-9-7-2/h8,10,14-17,20-23,26-27,29-30,32-33,35-36,72H,6-7,9,11-13,18-19,24-25,28,31,34,37-71H2,1-5H3/p+1/b10-8-,16-14-,17-15-,22-20-,23-21-,27-26-,30-29-,33-32-,36-35-. The molecule has 0 aromatic carbocycles. The molecule has 2 unspecified atom stereocenters. The number of hydrogen-bond acceptors (Lipinski definition) is 7. The van der Waals surface area contributed by atoms with Crippen molar-refractivity contribution in [2.75, 3.05) is 47.5 Å². The largest absolute Gasteiger partial charge is 0.472 e. The fourth-order valence-corrected chi connectivity index (χ4v) is 10.2. The molecule has 9 nitrogen and oxygen atoms in total. The minimum atomic E-state index is -4.39. The summed E-state index contributed by atoms with van der Waals surface area (Å²) < 4.78 is 34.7. The number of quaternary nitrogens is 1. The Balaban J connectivity index is 3.97. The van der Waals surface area contributed by atoms with Gasteiger partial charge >= 0.3 is 19.8 Å². The van der Waals surface area contributed by atoms with Crippen molar-refractivity contribution >= 4 is 19.8 Å². The van der Waals surface area contributed by atoms with E-state index in [4.69, 9.17) is 18.5 Å². The van der Waals surface area contributed by atoms with Crippen molar-refractivity contribution in [3.8, 4) is 0 Å². The monoisotopic (exact) mass is 1190 g/mol.